The lowest BCUT2D eigenvalue weighted by atomic mass is 10.1. The Bertz CT molecular complexity index is 933. The zero-order valence-corrected chi connectivity index (χ0v) is 16.6. The predicted molar refractivity (Wildman–Crippen MR) is 114 cm³/mol. The molecule has 1 N–H and O–H groups in total. The van der Waals surface area contributed by atoms with Crippen molar-refractivity contribution >= 4 is 29.3 Å². The van der Waals surface area contributed by atoms with Gasteiger partial charge in [0.2, 0.25) is 6.79 Å². The topological polar surface area (TPSA) is 77.1 Å². The number of hydrogen-bond acceptors (Lipinski definition) is 6. The number of ether oxygens (including phenoxy) is 3. The number of carbonyl (C=O) groups excluding carboxylic acids is 2. The average Bonchev–Trinajstić information content (AvgIpc) is 3.25. The van der Waals surface area contributed by atoms with Crippen LogP contribution in [0.15, 0.2) is 48.5 Å². The maximum absolute atomic E-state index is 12.1. The summed E-state index contributed by atoms with van der Waals surface area (Å²) in [5.41, 5.74) is 2.61. The fourth-order valence-electron chi connectivity index (χ4n) is 3.47. The van der Waals surface area contributed by atoms with Crippen molar-refractivity contribution in [1.82, 2.24) is 0 Å². The molecule has 0 spiro atoms. The van der Waals surface area contributed by atoms with E-state index in [1.807, 2.05) is 24.3 Å². The van der Waals surface area contributed by atoms with Crippen LogP contribution < -0.4 is 19.7 Å². The molecule has 2 aromatic carbocycles. The van der Waals surface area contributed by atoms with E-state index in [2.05, 4.69) is 10.2 Å². The van der Waals surface area contributed by atoms with E-state index in [-0.39, 0.29) is 19.3 Å². The highest BCUT2D eigenvalue weighted by molar-refractivity contribution is 5.94. The van der Waals surface area contributed by atoms with Crippen LogP contribution in [-0.4, -0.2) is 38.4 Å². The van der Waals surface area contributed by atoms with Crippen molar-refractivity contribution in [1.29, 1.82) is 0 Å². The number of nitrogens with one attached hydrogen (secondary N) is 1. The maximum atomic E-state index is 12.1. The maximum Gasteiger partial charge on any atom is 0.331 e. The van der Waals surface area contributed by atoms with E-state index >= 15 is 0 Å². The molecule has 30 heavy (non-hydrogen) atoms. The van der Waals surface area contributed by atoms with Crippen molar-refractivity contribution in [3.8, 4) is 11.5 Å². The minimum absolute atomic E-state index is 0.195. The lowest BCUT2D eigenvalue weighted by Crippen LogP contribution is -2.29. The van der Waals surface area contributed by atoms with Gasteiger partial charge in [-0.05, 0) is 67.3 Å². The summed E-state index contributed by atoms with van der Waals surface area (Å²) in [5, 5.41) is 2.74. The van der Waals surface area contributed by atoms with Crippen molar-refractivity contribution in [2.75, 3.05) is 36.7 Å². The first-order valence-corrected chi connectivity index (χ1v) is 10.1. The largest absolute Gasteiger partial charge is 0.454 e. The zero-order chi connectivity index (χ0) is 20.8. The molecule has 1 fully saturated rings. The van der Waals surface area contributed by atoms with Crippen molar-refractivity contribution in [3.63, 3.8) is 0 Å². The van der Waals surface area contributed by atoms with Gasteiger partial charge in [-0.1, -0.05) is 6.07 Å². The SMILES string of the molecule is O=C(COC(=O)/C=C/c1ccc2c(c1)OCO2)Nc1ccc(N2CCCCC2)cc1. The van der Waals surface area contributed by atoms with E-state index in [0.717, 1.165) is 24.3 Å². The van der Waals surface area contributed by atoms with Crippen LogP contribution in [-0.2, 0) is 14.3 Å². The summed E-state index contributed by atoms with van der Waals surface area (Å²) in [6, 6.07) is 13.1. The second-order valence-corrected chi connectivity index (χ2v) is 7.20. The standard InChI is InChI=1S/C23H24N2O5/c26-22(24-18-6-8-19(9-7-18)25-12-2-1-3-13-25)15-28-23(27)11-5-17-4-10-20-21(14-17)30-16-29-20/h4-11,14H,1-3,12-13,15-16H2,(H,24,26)/b11-5+. The summed E-state index contributed by atoms with van der Waals surface area (Å²) in [7, 11) is 0. The third-order valence-electron chi connectivity index (χ3n) is 5.03. The van der Waals surface area contributed by atoms with Gasteiger partial charge in [0, 0.05) is 30.5 Å². The van der Waals surface area contributed by atoms with Gasteiger partial charge in [0.05, 0.1) is 0 Å². The van der Waals surface area contributed by atoms with Crippen LogP contribution in [0.1, 0.15) is 24.8 Å². The number of piperidine rings is 1. The molecular weight excluding hydrogens is 384 g/mol. The number of anilines is 2. The summed E-state index contributed by atoms with van der Waals surface area (Å²) in [6.07, 6.45) is 6.59. The minimum Gasteiger partial charge on any atom is -0.454 e. The van der Waals surface area contributed by atoms with E-state index in [1.165, 1.54) is 25.3 Å². The third-order valence-corrected chi connectivity index (χ3v) is 5.03. The molecule has 0 aromatic heterocycles. The Labute approximate surface area is 175 Å². The molecule has 1 amide bonds. The van der Waals surface area contributed by atoms with Crippen LogP contribution in [0.25, 0.3) is 6.08 Å². The summed E-state index contributed by atoms with van der Waals surface area (Å²) in [6.45, 7) is 1.99. The Morgan fingerprint density at radius 2 is 1.77 bits per heavy atom. The van der Waals surface area contributed by atoms with Crippen LogP contribution in [0.2, 0.25) is 0 Å². The molecule has 2 aliphatic rings. The first-order valence-electron chi connectivity index (χ1n) is 10.1. The molecule has 4 rings (SSSR count). The number of amides is 1. The van der Waals surface area contributed by atoms with Crippen LogP contribution in [0.3, 0.4) is 0 Å². The Kier molecular flexibility index (Phi) is 6.17. The van der Waals surface area contributed by atoms with Gasteiger partial charge in [-0.25, -0.2) is 4.79 Å². The van der Waals surface area contributed by atoms with Gasteiger partial charge in [0.25, 0.3) is 5.91 Å². The van der Waals surface area contributed by atoms with E-state index in [1.54, 1.807) is 24.3 Å². The minimum atomic E-state index is -0.594. The monoisotopic (exact) mass is 408 g/mol. The van der Waals surface area contributed by atoms with Gasteiger partial charge < -0.3 is 24.4 Å². The van der Waals surface area contributed by atoms with Crippen molar-refractivity contribution in [3.05, 3.63) is 54.1 Å². The molecule has 156 valence electrons. The fourth-order valence-corrected chi connectivity index (χ4v) is 3.47. The first-order chi connectivity index (χ1) is 14.7. The number of benzene rings is 2. The molecule has 7 heteroatoms. The smallest absolute Gasteiger partial charge is 0.331 e. The molecule has 0 atom stereocenters. The summed E-state index contributed by atoms with van der Waals surface area (Å²) in [4.78, 5) is 26.3. The molecule has 2 heterocycles. The van der Waals surface area contributed by atoms with Crippen molar-refractivity contribution in [2.45, 2.75) is 19.3 Å². The second-order valence-electron chi connectivity index (χ2n) is 7.20. The normalized spacial score (nSPS) is 15.3. The Balaban J connectivity index is 1.22. The molecule has 0 bridgehead atoms. The van der Waals surface area contributed by atoms with Crippen molar-refractivity contribution in [2.24, 2.45) is 0 Å². The molecule has 1 saturated heterocycles. The number of esters is 1. The van der Waals surface area contributed by atoms with Gasteiger partial charge >= 0.3 is 5.97 Å². The molecule has 0 unspecified atom stereocenters. The number of rotatable bonds is 6. The number of fused-ring (bicyclic) bond motifs is 1. The van der Waals surface area contributed by atoms with Gasteiger partial charge in [-0.2, -0.15) is 0 Å². The fraction of sp³-hybridized carbons (Fsp3) is 0.304. The lowest BCUT2D eigenvalue weighted by Gasteiger charge is -2.28. The molecule has 0 aliphatic carbocycles. The summed E-state index contributed by atoms with van der Waals surface area (Å²) in [5.74, 6) is 0.334. The van der Waals surface area contributed by atoms with Crippen LogP contribution in [0.4, 0.5) is 11.4 Å². The van der Waals surface area contributed by atoms with Crippen LogP contribution in [0, 0.1) is 0 Å². The molecular formula is C23H24N2O5. The highest BCUT2D eigenvalue weighted by atomic mass is 16.7. The number of carbonyl (C=O) groups is 2. The Morgan fingerprint density at radius 1 is 1.00 bits per heavy atom. The quantitative estimate of drug-likeness (QED) is 0.581. The summed E-state index contributed by atoms with van der Waals surface area (Å²) < 4.78 is 15.5. The van der Waals surface area contributed by atoms with Crippen LogP contribution >= 0.6 is 0 Å². The van der Waals surface area contributed by atoms with Gasteiger partial charge in [-0.3, -0.25) is 4.79 Å². The highest BCUT2D eigenvalue weighted by Gasteiger charge is 2.13. The Morgan fingerprint density at radius 3 is 2.57 bits per heavy atom. The van der Waals surface area contributed by atoms with Gasteiger partial charge in [-0.15, -0.1) is 0 Å². The third kappa shape index (κ3) is 5.11. The predicted octanol–water partition coefficient (Wildman–Crippen LogP) is 3.60. The van der Waals surface area contributed by atoms with Crippen molar-refractivity contribution < 1.29 is 23.8 Å². The lowest BCUT2D eigenvalue weighted by molar-refractivity contribution is -0.142. The first kappa shape index (κ1) is 19.8. The highest BCUT2D eigenvalue weighted by Crippen LogP contribution is 2.32. The second kappa shape index (κ2) is 9.35. The van der Waals surface area contributed by atoms with E-state index in [4.69, 9.17) is 14.2 Å². The molecule has 0 saturated carbocycles. The molecule has 0 radical (unpaired) electrons. The van der Waals surface area contributed by atoms with Gasteiger partial charge in [0.1, 0.15) is 0 Å². The molecule has 7 nitrogen and oxygen atoms in total. The number of hydrogen-bond donors (Lipinski definition) is 1. The van der Waals surface area contributed by atoms with E-state index in [9.17, 15) is 9.59 Å². The number of nitrogens with zero attached hydrogens (tertiary/aromatic N) is 1. The van der Waals surface area contributed by atoms with Crippen LogP contribution in [0.5, 0.6) is 11.5 Å². The van der Waals surface area contributed by atoms with E-state index in [0.29, 0.717) is 17.2 Å². The van der Waals surface area contributed by atoms with Gasteiger partial charge in [0.15, 0.2) is 18.1 Å². The average molecular weight is 408 g/mol. The zero-order valence-electron chi connectivity index (χ0n) is 16.6. The van der Waals surface area contributed by atoms with E-state index < -0.39 is 5.97 Å². The molecule has 2 aromatic rings. The molecule has 2 aliphatic heterocycles. The summed E-state index contributed by atoms with van der Waals surface area (Å²) >= 11 is 0. The Hall–Kier alpha value is -3.48.